The molecule has 8 heteroatoms. The van der Waals surface area contributed by atoms with Gasteiger partial charge in [-0.15, -0.1) is 13.2 Å². The van der Waals surface area contributed by atoms with E-state index in [-0.39, 0.29) is 47.1 Å². The molecule has 0 amide bonds. The third kappa shape index (κ3) is 3.29. The number of carbonyl (C=O) groups excluding carboxylic acids is 4. The Hall–Kier alpha value is -2.68. The highest BCUT2D eigenvalue weighted by Crippen LogP contribution is 2.70. The fourth-order valence-corrected chi connectivity index (χ4v) is 9.11. The summed E-state index contributed by atoms with van der Waals surface area (Å²) < 4.78 is 25.1. The molecule has 10 atom stereocenters. The van der Waals surface area contributed by atoms with Crippen LogP contribution in [0.4, 0.5) is 0 Å². The Balaban J connectivity index is 1.44. The molecular weight excluding hydrogens is 536 g/mol. The number of hydrogen-bond donors (Lipinski definition) is 0. The smallest absolute Gasteiger partial charge is 0.195 e. The minimum atomic E-state index is -1.48. The van der Waals surface area contributed by atoms with Crippen molar-refractivity contribution in [1.82, 2.24) is 0 Å². The molecule has 5 aliphatic heterocycles. The summed E-state index contributed by atoms with van der Waals surface area (Å²) in [6.07, 6.45) is 8.51. The van der Waals surface area contributed by atoms with E-state index in [1.807, 2.05) is 0 Å². The first kappa shape index (κ1) is 28.1. The van der Waals surface area contributed by atoms with Gasteiger partial charge in [-0.25, -0.2) is 0 Å². The Morgan fingerprint density at radius 2 is 1.40 bits per heavy atom. The first-order valence-electron chi connectivity index (χ1n) is 15.8. The normalized spacial score (nSPS) is 43.9. The second kappa shape index (κ2) is 9.66. The lowest BCUT2D eigenvalue weighted by Gasteiger charge is -2.63. The number of rotatable bonds is 12. The molecule has 8 rings (SSSR count). The highest BCUT2D eigenvalue weighted by molar-refractivity contribution is 6.25. The molecule has 8 nitrogen and oxygen atoms in total. The minimum Gasteiger partial charge on any atom is -0.497 e. The highest BCUT2D eigenvalue weighted by atomic mass is 16.6. The third-order valence-electron chi connectivity index (χ3n) is 11.0. The maximum absolute atomic E-state index is 15.0. The van der Waals surface area contributed by atoms with E-state index in [9.17, 15) is 14.4 Å². The van der Waals surface area contributed by atoms with Crippen LogP contribution in [0.25, 0.3) is 0 Å². The zero-order valence-corrected chi connectivity index (χ0v) is 24.5. The van der Waals surface area contributed by atoms with E-state index in [0.717, 1.165) is 38.5 Å². The number of fused-ring (bicyclic) bond motifs is 3. The van der Waals surface area contributed by atoms with Gasteiger partial charge >= 0.3 is 0 Å². The standard InChI is InChI=1S/C34H40O8/c1-5-9-11-13-19-21-22-23(26(36)30-32(41-30,15-7-3)27(22)37)28(40-19)34-18(17-39-20(24(21)34)14-12-10-6-2)25(35)29-33(42-29,16-8-4)31(34)38/h7-8,17,19-21,24,28-30H,3-6,9-16H2,1-2H3/t19?,20?,21?,24?,28?,29-,30?,32?,33?,34?/m1/s1. The van der Waals surface area contributed by atoms with Crippen LogP contribution in [0, 0.1) is 17.3 Å². The average Bonchev–Trinajstić information content (AvgIpc) is 3.90. The van der Waals surface area contributed by atoms with Crippen molar-refractivity contribution in [3.63, 3.8) is 0 Å². The predicted octanol–water partition coefficient (Wildman–Crippen LogP) is 4.46. The highest BCUT2D eigenvalue weighted by Gasteiger charge is 2.84. The van der Waals surface area contributed by atoms with Gasteiger partial charge in [-0.3, -0.25) is 19.2 Å². The van der Waals surface area contributed by atoms with E-state index in [0.29, 0.717) is 18.4 Å². The van der Waals surface area contributed by atoms with Crippen molar-refractivity contribution in [3.05, 3.63) is 48.3 Å². The van der Waals surface area contributed by atoms with Crippen molar-refractivity contribution in [3.8, 4) is 0 Å². The van der Waals surface area contributed by atoms with Crippen LogP contribution in [-0.4, -0.2) is 64.9 Å². The third-order valence-corrected chi connectivity index (χ3v) is 11.0. The Labute approximate surface area is 246 Å². The van der Waals surface area contributed by atoms with E-state index < -0.39 is 59.0 Å². The summed E-state index contributed by atoms with van der Waals surface area (Å²) in [6, 6.07) is 0. The summed E-state index contributed by atoms with van der Waals surface area (Å²) in [6.45, 7) is 11.9. The van der Waals surface area contributed by atoms with Gasteiger partial charge in [-0.05, 0) is 19.3 Å². The fourth-order valence-electron chi connectivity index (χ4n) is 9.11. The largest absolute Gasteiger partial charge is 0.497 e. The van der Waals surface area contributed by atoms with Crippen molar-refractivity contribution in [2.45, 2.75) is 120 Å². The number of ketones is 4. The molecule has 1 saturated carbocycles. The number of epoxide rings is 2. The molecule has 0 aromatic heterocycles. The Bertz CT molecular complexity index is 1360. The Morgan fingerprint density at radius 3 is 2.07 bits per heavy atom. The van der Waals surface area contributed by atoms with Crippen molar-refractivity contribution in [2.75, 3.05) is 0 Å². The zero-order chi connectivity index (χ0) is 29.6. The van der Waals surface area contributed by atoms with E-state index in [4.69, 9.17) is 18.9 Å². The van der Waals surface area contributed by atoms with Gasteiger partial charge in [0.2, 0.25) is 0 Å². The van der Waals surface area contributed by atoms with Crippen molar-refractivity contribution in [2.24, 2.45) is 17.3 Å². The summed E-state index contributed by atoms with van der Waals surface area (Å²) in [7, 11) is 0. The SMILES string of the molecule is C=CCC12OC1C(=O)C1=C(C2=O)C2C(CCCCC)OC1C13C(=O)C4(CC=C)O[C@@H]4C(=O)C1=COC(CCCCC)C23. The summed E-state index contributed by atoms with van der Waals surface area (Å²) in [4.78, 5) is 57.6. The van der Waals surface area contributed by atoms with Crippen LogP contribution in [0.15, 0.2) is 48.3 Å². The lowest BCUT2D eigenvalue weighted by Crippen LogP contribution is -2.74. The fraction of sp³-hybridized carbons (Fsp3) is 0.647. The number of Topliss-reactive ketones (excluding diaryl/α,β-unsaturated/α-hetero) is 4. The van der Waals surface area contributed by atoms with E-state index in [1.165, 1.54) is 6.26 Å². The first-order chi connectivity index (χ1) is 20.3. The van der Waals surface area contributed by atoms with Gasteiger partial charge in [0.15, 0.2) is 46.5 Å². The molecule has 0 N–H and O–H groups in total. The molecule has 4 fully saturated rings. The van der Waals surface area contributed by atoms with Crippen molar-refractivity contribution >= 4 is 23.1 Å². The van der Waals surface area contributed by atoms with Crippen LogP contribution in [0.2, 0.25) is 0 Å². The molecule has 1 spiro atoms. The van der Waals surface area contributed by atoms with Gasteiger partial charge in [-0.1, -0.05) is 58.1 Å². The monoisotopic (exact) mass is 576 g/mol. The first-order valence-corrected chi connectivity index (χ1v) is 15.8. The summed E-state index contributed by atoms with van der Waals surface area (Å²) >= 11 is 0. The van der Waals surface area contributed by atoms with E-state index >= 15 is 4.79 Å². The van der Waals surface area contributed by atoms with Gasteiger partial charge in [-0.2, -0.15) is 0 Å². The van der Waals surface area contributed by atoms with E-state index in [1.54, 1.807) is 12.2 Å². The minimum absolute atomic E-state index is 0.190. The van der Waals surface area contributed by atoms with Gasteiger partial charge in [0, 0.05) is 41.4 Å². The zero-order valence-electron chi connectivity index (χ0n) is 24.5. The van der Waals surface area contributed by atoms with E-state index in [2.05, 4.69) is 27.0 Å². The van der Waals surface area contributed by atoms with Crippen LogP contribution < -0.4 is 0 Å². The summed E-state index contributed by atoms with van der Waals surface area (Å²) in [5, 5.41) is 0. The van der Waals surface area contributed by atoms with Crippen LogP contribution in [-0.2, 0) is 38.1 Å². The van der Waals surface area contributed by atoms with Crippen molar-refractivity contribution in [1.29, 1.82) is 0 Å². The van der Waals surface area contributed by atoms with Crippen LogP contribution in [0.1, 0.15) is 78.1 Å². The Kier molecular flexibility index (Phi) is 6.47. The molecule has 2 bridgehead atoms. The lowest BCUT2D eigenvalue weighted by molar-refractivity contribution is -0.213. The molecule has 224 valence electrons. The maximum atomic E-state index is 15.0. The summed E-state index contributed by atoms with van der Waals surface area (Å²) in [5.74, 6) is -2.19. The molecule has 42 heavy (non-hydrogen) atoms. The predicted molar refractivity (Wildman–Crippen MR) is 151 cm³/mol. The molecule has 9 unspecified atom stereocenters. The quantitative estimate of drug-likeness (QED) is 0.190. The van der Waals surface area contributed by atoms with Gasteiger partial charge in [0.1, 0.15) is 17.6 Å². The second-order valence-corrected chi connectivity index (χ2v) is 13.1. The second-order valence-electron chi connectivity index (χ2n) is 13.1. The number of unbranched alkanes of at least 4 members (excludes halogenated alkanes) is 4. The number of carbonyl (C=O) groups is 4. The van der Waals surface area contributed by atoms with Crippen LogP contribution in [0.5, 0.6) is 0 Å². The molecule has 3 aliphatic carbocycles. The molecule has 0 aromatic carbocycles. The van der Waals surface area contributed by atoms with Gasteiger partial charge in [0.05, 0.1) is 12.4 Å². The molecular formula is C34H40O8. The summed E-state index contributed by atoms with van der Waals surface area (Å²) in [5.41, 5.74) is -3.15. The average molecular weight is 577 g/mol. The van der Waals surface area contributed by atoms with Crippen LogP contribution >= 0.6 is 0 Å². The van der Waals surface area contributed by atoms with Crippen molar-refractivity contribution < 1.29 is 38.1 Å². The topological polar surface area (TPSA) is 112 Å². The van der Waals surface area contributed by atoms with Gasteiger partial charge < -0.3 is 18.9 Å². The molecule has 3 saturated heterocycles. The molecule has 0 radical (unpaired) electrons. The molecule has 5 heterocycles. The lowest BCUT2D eigenvalue weighted by atomic mass is 9.43. The van der Waals surface area contributed by atoms with Gasteiger partial charge in [0.25, 0.3) is 0 Å². The Morgan fingerprint density at radius 1 is 0.786 bits per heavy atom. The van der Waals surface area contributed by atoms with Crippen LogP contribution in [0.3, 0.4) is 0 Å². The maximum Gasteiger partial charge on any atom is 0.195 e. The number of hydrogen-bond acceptors (Lipinski definition) is 8. The molecule has 8 aliphatic rings. The molecule has 0 aromatic rings. The number of ether oxygens (including phenoxy) is 4.